The molecule has 1 aliphatic heterocycles. The quantitative estimate of drug-likeness (QED) is 0.581. The number of imidazole rings is 1. The van der Waals surface area contributed by atoms with E-state index in [4.69, 9.17) is 11.6 Å². The molecule has 3 aromatic rings. The van der Waals surface area contributed by atoms with Gasteiger partial charge in [0.1, 0.15) is 5.82 Å². The van der Waals surface area contributed by atoms with Crippen molar-refractivity contribution in [3.8, 4) is 5.69 Å². The number of aromatic nitrogens is 2. The van der Waals surface area contributed by atoms with Gasteiger partial charge in [0.25, 0.3) is 0 Å². The van der Waals surface area contributed by atoms with Crippen molar-refractivity contribution in [3.05, 3.63) is 82.1 Å². The molecule has 5 nitrogen and oxygen atoms in total. The normalized spacial score (nSPS) is 17.6. The van der Waals surface area contributed by atoms with Gasteiger partial charge in [-0.25, -0.2) is 9.37 Å². The summed E-state index contributed by atoms with van der Waals surface area (Å²) < 4.78 is 15.6. The molecule has 2 heterocycles. The number of benzene rings is 2. The molecule has 1 N–H and O–H groups in total. The maximum absolute atomic E-state index is 13.6. The molecule has 1 aliphatic rings. The molecule has 0 spiro atoms. The van der Waals surface area contributed by atoms with Crippen LogP contribution in [0.5, 0.6) is 0 Å². The van der Waals surface area contributed by atoms with Crippen molar-refractivity contribution in [1.29, 1.82) is 0 Å². The molecular weight excluding hydrogens is 429 g/mol. The highest BCUT2D eigenvalue weighted by Crippen LogP contribution is 2.31. The number of carbonyl (C=O) groups is 1. The van der Waals surface area contributed by atoms with Crippen LogP contribution in [0, 0.1) is 25.6 Å². The average molecular weight is 456 g/mol. The monoisotopic (exact) mass is 455 g/mol. The predicted molar refractivity (Wildman–Crippen MR) is 122 cm³/mol. The van der Waals surface area contributed by atoms with Crippen LogP contribution in [0.25, 0.3) is 5.69 Å². The molecule has 1 aromatic heterocycles. The first-order chi connectivity index (χ1) is 15.4. The maximum Gasteiger partial charge on any atom is 0.226 e. The van der Waals surface area contributed by atoms with Gasteiger partial charge in [0, 0.05) is 24.3 Å². The largest absolute Gasteiger partial charge is 0.394 e. The van der Waals surface area contributed by atoms with Crippen LogP contribution >= 0.6 is 11.6 Å². The second-order valence-corrected chi connectivity index (χ2v) is 8.90. The molecule has 0 bridgehead atoms. The lowest BCUT2D eigenvalue weighted by Gasteiger charge is -2.38. The molecule has 0 saturated carbocycles. The lowest BCUT2D eigenvalue weighted by molar-refractivity contribution is -0.142. The first-order valence-electron chi connectivity index (χ1n) is 10.8. The number of hydrogen-bond donors (Lipinski definition) is 1. The third-order valence-electron chi connectivity index (χ3n) is 6.19. The number of carbonyl (C=O) groups excluding carboxylic acids is 1. The Balaban J connectivity index is 1.51. The minimum Gasteiger partial charge on any atom is -0.394 e. The lowest BCUT2D eigenvalue weighted by Crippen LogP contribution is -2.45. The van der Waals surface area contributed by atoms with Crippen molar-refractivity contribution in [1.82, 2.24) is 14.5 Å². The number of likely N-dealkylation sites (tertiary alicyclic amines) is 1. The van der Waals surface area contributed by atoms with Crippen LogP contribution in [0.4, 0.5) is 4.39 Å². The zero-order valence-corrected chi connectivity index (χ0v) is 19.0. The highest BCUT2D eigenvalue weighted by molar-refractivity contribution is 6.30. The van der Waals surface area contributed by atoms with Crippen molar-refractivity contribution < 1.29 is 14.3 Å². The van der Waals surface area contributed by atoms with Gasteiger partial charge in [-0.1, -0.05) is 29.8 Å². The summed E-state index contributed by atoms with van der Waals surface area (Å²) in [6.45, 7) is 4.34. The number of hydrogen-bond acceptors (Lipinski definition) is 3. The van der Waals surface area contributed by atoms with Crippen molar-refractivity contribution in [2.24, 2.45) is 5.92 Å². The van der Waals surface area contributed by atoms with Crippen LogP contribution in [0.15, 0.2) is 48.9 Å². The standard InChI is InChI=1S/C25H27ClFN3O2/c1-16-10-18(5-8-23(16)29-13-17(2)28-15-29)11-20-4-3-9-30(25(20)32)24(14-31)19-6-7-22(27)21(26)12-19/h5-8,10,12-13,15,20,24,31H,3-4,9,11,14H2,1-2H3. The molecule has 0 radical (unpaired) electrons. The topological polar surface area (TPSA) is 58.4 Å². The Labute approximate surface area is 192 Å². The molecule has 1 amide bonds. The van der Waals surface area contributed by atoms with Gasteiger partial charge in [0.15, 0.2) is 0 Å². The fraction of sp³-hybridized carbons (Fsp3) is 0.360. The van der Waals surface area contributed by atoms with E-state index in [1.54, 1.807) is 17.3 Å². The highest BCUT2D eigenvalue weighted by Gasteiger charge is 2.34. The SMILES string of the molecule is Cc1cn(-c2ccc(CC3CCCN(C(CO)c4ccc(F)c(Cl)c4)C3=O)cc2C)cn1. The fourth-order valence-corrected chi connectivity index (χ4v) is 4.74. The maximum atomic E-state index is 13.6. The van der Waals surface area contributed by atoms with E-state index in [-0.39, 0.29) is 23.5 Å². The van der Waals surface area contributed by atoms with E-state index in [9.17, 15) is 14.3 Å². The second-order valence-electron chi connectivity index (χ2n) is 8.49. The Morgan fingerprint density at radius 1 is 1.25 bits per heavy atom. The van der Waals surface area contributed by atoms with Gasteiger partial charge in [-0.05, 0) is 68.0 Å². The summed E-state index contributed by atoms with van der Waals surface area (Å²) in [6, 6.07) is 10.1. The number of piperidine rings is 1. The van der Waals surface area contributed by atoms with E-state index in [0.29, 0.717) is 18.5 Å². The van der Waals surface area contributed by atoms with Gasteiger partial charge < -0.3 is 14.6 Å². The number of aryl methyl sites for hydroxylation is 2. The molecule has 2 aromatic carbocycles. The first kappa shape index (κ1) is 22.5. The van der Waals surface area contributed by atoms with Crippen molar-refractivity contribution in [3.63, 3.8) is 0 Å². The fourth-order valence-electron chi connectivity index (χ4n) is 4.55. The van der Waals surface area contributed by atoms with Gasteiger partial charge >= 0.3 is 0 Å². The molecule has 7 heteroatoms. The van der Waals surface area contributed by atoms with Crippen LogP contribution in [0.1, 0.15) is 41.3 Å². The molecule has 2 atom stereocenters. The van der Waals surface area contributed by atoms with Gasteiger partial charge in [0.05, 0.1) is 29.7 Å². The highest BCUT2D eigenvalue weighted by atomic mass is 35.5. The van der Waals surface area contributed by atoms with Crippen LogP contribution in [-0.2, 0) is 11.2 Å². The van der Waals surface area contributed by atoms with Gasteiger partial charge in [-0.2, -0.15) is 0 Å². The van der Waals surface area contributed by atoms with Crippen LogP contribution in [0.2, 0.25) is 5.02 Å². The van der Waals surface area contributed by atoms with Crippen molar-refractivity contribution in [2.45, 2.75) is 39.2 Å². The van der Waals surface area contributed by atoms with Gasteiger partial charge in [-0.3, -0.25) is 4.79 Å². The summed E-state index contributed by atoms with van der Waals surface area (Å²) in [7, 11) is 0. The van der Waals surface area contributed by atoms with E-state index in [1.807, 2.05) is 17.7 Å². The Morgan fingerprint density at radius 2 is 2.06 bits per heavy atom. The molecule has 32 heavy (non-hydrogen) atoms. The summed E-state index contributed by atoms with van der Waals surface area (Å²) >= 11 is 5.93. The van der Waals surface area contributed by atoms with Crippen LogP contribution < -0.4 is 0 Å². The third-order valence-corrected chi connectivity index (χ3v) is 6.48. The number of aliphatic hydroxyl groups is 1. The summed E-state index contributed by atoms with van der Waals surface area (Å²) in [4.78, 5) is 19.3. The molecule has 0 aliphatic carbocycles. The number of aliphatic hydroxyl groups excluding tert-OH is 1. The molecule has 4 rings (SSSR count). The predicted octanol–water partition coefficient (Wildman–Crippen LogP) is 4.80. The summed E-state index contributed by atoms with van der Waals surface area (Å²) in [6.07, 6.45) is 6.09. The first-order valence-corrected chi connectivity index (χ1v) is 11.2. The van der Waals surface area contributed by atoms with Crippen molar-refractivity contribution in [2.75, 3.05) is 13.2 Å². The number of halogens is 2. The zero-order valence-electron chi connectivity index (χ0n) is 18.3. The van der Waals surface area contributed by atoms with Crippen molar-refractivity contribution >= 4 is 17.5 Å². The summed E-state index contributed by atoms with van der Waals surface area (Å²) in [5.41, 5.74) is 4.90. The van der Waals surface area contributed by atoms with Gasteiger partial charge in [0.2, 0.25) is 5.91 Å². The summed E-state index contributed by atoms with van der Waals surface area (Å²) in [5.74, 6) is -0.656. The number of nitrogens with zero attached hydrogens (tertiary/aromatic N) is 3. The van der Waals surface area contributed by atoms with Crippen LogP contribution in [-0.4, -0.2) is 38.6 Å². The Bertz CT molecular complexity index is 1130. The van der Waals surface area contributed by atoms with E-state index in [2.05, 4.69) is 30.1 Å². The van der Waals surface area contributed by atoms with E-state index in [1.165, 1.54) is 12.1 Å². The third kappa shape index (κ3) is 4.57. The molecule has 1 saturated heterocycles. The Morgan fingerprint density at radius 3 is 2.72 bits per heavy atom. The van der Waals surface area contributed by atoms with Gasteiger partial charge in [-0.15, -0.1) is 0 Å². The molecule has 2 unspecified atom stereocenters. The van der Waals surface area contributed by atoms with E-state index in [0.717, 1.165) is 35.3 Å². The number of amides is 1. The number of rotatable bonds is 6. The minimum atomic E-state index is -0.531. The zero-order chi connectivity index (χ0) is 22.8. The lowest BCUT2D eigenvalue weighted by atomic mass is 9.88. The molecular formula is C25H27ClFN3O2. The molecule has 168 valence electrons. The summed E-state index contributed by atoms with van der Waals surface area (Å²) in [5, 5.41) is 10.0. The second kappa shape index (κ2) is 9.43. The Hall–Kier alpha value is -2.70. The van der Waals surface area contributed by atoms with E-state index < -0.39 is 11.9 Å². The Kier molecular flexibility index (Phi) is 6.63. The minimum absolute atomic E-state index is 0.00870. The average Bonchev–Trinajstić information content (AvgIpc) is 3.19. The molecule has 1 fully saturated rings. The smallest absolute Gasteiger partial charge is 0.226 e. The van der Waals surface area contributed by atoms with E-state index >= 15 is 0 Å². The van der Waals surface area contributed by atoms with Crippen LogP contribution in [0.3, 0.4) is 0 Å².